The van der Waals surface area contributed by atoms with Crippen LogP contribution in [0.3, 0.4) is 0 Å². The summed E-state index contributed by atoms with van der Waals surface area (Å²) in [5.41, 5.74) is 0.718. The van der Waals surface area contributed by atoms with Gasteiger partial charge in [0.05, 0.1) is 20.3 Å². The summed E-state index contributed by atoms with van der Waals surface area (Å²) in [6, 6.07) is 7.26. The predicted molar refractivity (Wildman–Crippen MR) is 101 cm³/mol. The fourth-order valence-corrected chi connectivity index (χ4v) is 2.28. The van der Waals surface area contributed by atoms with E-state index in [4.69, 9.17) is 14.2 Å². The average Bonchev–Trinajstić information content (AvgIpc) is 2.66. The number of amides is 1. The van der Waals surface area contributed by atoms with Crippen LogP contribution in [-0.2, 0) is 9.53 Å². The van der Waals surface area contributed by atoms with E-state index in [1.807, 2.05) is 6.07 Å². The Hall–Kier alpha value is -2.52. The highest BCUT2D eigenvalue weighted by Gasteiger charge is 2.10. The molecular formula is C20H28N2O4. The first kappa shape index (κ1) is 21.5. The van der Waals surface area contributed by atoms with E-state index in [0.717, 1.165) is 12.8 Å². The number of carbonyl (C=O) groups excluding carboxylic acids is 1. The first-order valence-corrected chi connectivity index (χ1v) is 8.86. The van der Waals surface area contributed by atoms with Gasteiger partial charge in [-0.25, -0.2) is 0 Å². The smallest absolute Gasteiger partial charge is 0.262 e. The third-order valence-electron chi connectivity index (χ3n) is 3.71. The van der Waals surface area contributed by atoms with Gasteiger partial charge in [0, 0.05) is 13.7 Å². The van der Waals surface area contributed by atoms with Crippen molar-refractivity contribution < 1.29 is 19.0 Å². The summed E-state index contributed by atoms with van der Waals surface area (Å²) in [6.07, 6.45) is 6.05. The molecule has 6 nitrogen and oxygen atoms in total. The Morgan fingerprint density at radius 3 is 2.65 bits per heavy atom. The van der Waals surface area contributed by atoms with Crippen molar-refractivity contribution in [3.05, 3.63) is 29.3 Å². The minimum absolute atomic E-state index is 0.0244. The van der Waals surface area contributed by atoms with Crippen molar-refractivity contribution in [2.24, 2.45) is 0 Å². The fourth-order valence-electron chi connectivity index (χ4n) is 2.28. The summed E-state index contributed by atoms with van der Waals surface area (Å²) in [5, 5.41) is 11.8. The molecule has 1 aromatic rings. The molecule has 0 atom stereocenters. The van der Waals surface area contributed by atoms with Crippen molar-refractivity contribution in [1.82, 2.24) is 5.32 Å². The molecule has 0 unspecified atom stereocenters. The van der Waals surface area contributed by atoms with Crippen LogP contribution in [0.4, 0.5) is 0 Å². The van der Waals surface area contributed by atoms with Gasteiger partial charge in [-0.05, 0) is 30.2 Å². The Kier molecular flexibility index (Phi) is 10.6. The number of hydrogen-bond donors (Lipinski definition) is 1. The van der Waals surface area contributed by atoms with Gasteiger partial charge in [0.2, 0.25) is 0 Å². The first-order valence-electron chi connectivity index (χ1n) is 8.86. The van der Waals surface area contributed by atoms with E-state index in [9.17, 15) is 10.1 Å². The Labute approximate surface area is 155 Å². The van der Waals surface area contributed by atoms with Gasteiger partial charge >= 0.3 is 0 Å². The first-order chi connectivity index (χ1) is 12.7. The predicted octanol–water partition coefficient (Wildman–Crippen LogP) is 3.32. The molecule has 0 heterocycles. The van der Waals surface area contributed by atoms with E-state index in [0.29, 0.717) is 36.8 Å². The normalized spacial score (nSPS) is 10.9. The molecule has 6 heteroatoms. The van der Waals surface area contributed by atoms with Crippen LogP contribution >= 0.6 is 0 Å². The number of benzene rings is 1. The summed E-state index contributed by atoms with van der Waals surface area (Å²) >= 11 is 0. The molecule has 1 rings (SSSR count). The SMILES string of the molecule is CCCCCCOc1ccc(/C=C(\C#N)C(=O)NCCOC)cc1OC. The number of nitrogens with one attached hydrogen (secondary N) is 1. The van der Waals surface area contributed by atoms with Gasteiger partial charge in [-0.1, -0.05) is 32.3 Å². The Morgan fingerprint density at radius 1 is 1.19 bits per heavy atom. The second-order valence-corrected chi connectivity index (χ2v) is 5.74. The molecule has 0 aliphatic rings. The Bertz CT molecular complexity index is 635. The molecule has 0 bridgehead atoms. The maximum absolute atomic E-state index is 12.0. The highest BCUT2D eigenvalue weighted by Crippen LogP contribution is 2.29. The van der Waals surface area contributed by atoms with E-state index in [-0.39, 0.29) is 5.57 Å². The molecule has 26 heavy (non-hydrogen) atoms. The van der Waals surface area contributed by atoms with E-state index >= 15 is 0 Å². The largest absolute Gasteiger partial charge is 0.493 e. The monoisotopic (exact) mass is 360 g/mol. The quantitative estimate of drug-likeness (QED) is 0.351. The summed E-state index contributed by atoms with van der Waals surface area (Å²) in [5.74, 6) is 0.801. The van der Waals surface area contributed by atoms with Crippen molar-refractivity contribution in [2.45, 2.75) is 32.6 Å². The zero-order valence-corrected chi connectivity index (χ0v) is 15.8. The summed E-state index contributed by atoms with van der Waals surface area (Å²) in [7, 11) is 3.11. The second-order valence-electron chi connectivity index (χ2n) is 5.74. The number of rotatable bonds is 12. The maximum Gasteiger partial charge on any atom is 0.262 e. The third kappa shape index (κ3) is 7.58. The number of nitrogens with zero attached hydrogens (tertiary/aromatic N) is 1. The summed E-state index contributed by atoms with van der Waals surface area (Å²) < 4.78 is 16.0. The molecule has 1 amide bonds. The van der Waals surface area contributed by atoms with Gasteiger partial charge < -0.3 is 19.5 Å². The number of ether oxygens (including phenoxy) is 3. The number of hydrogen-bond acceptors (Lipinski definition) is 5. The number of carbonyl (C=O) groups is 1. The lowest BCUT2D eigenvalue weighted by Crippen LogP contribution is -2.27. The molecule has 0 saturated heterocycles. The van der Waals surface area contributed by atoms with Crippen LogP contribution < -0.4 is 14.8 Å². The van der Waals surface area contributed by atoms with Gasteiger partial charge in [0.25, 0.3) is 5.91 Å². The number of nitriles is 1. The van der Waals surface area contributed by atoms with Crippen molar-refractivity contribution in [3.63, 3.8) is 0 Å². The summed E-state index contributed by atoms with van der Waals surface area (Å²) in [6.45, 7) is 3.55. The minimum Gasteiger partial charge on any atom is -0.493 e. The van der Waals surface area contributed by atoms with Gasteiger partial charge in [-0.2, -0.15) is 5.26 Å². The molecule has 0 spiro atoms. The van der Waals surface area contributed by atoms with Crippen LogP contribution in [0.15, 0.2) is 23.8 Å². The van der Waals surface area contributed by atoms with Crippen LogP contribution in [0.25, 0.3) is 6.08 Å². The van der Waals surface area contributed by atoms with Gasteiger partial charge in [-0.3, -0.25) is 4.79 Å². The van der Waals surface area contributed by atoms with Crippen LogP contribution in [-0.4, -0.2) is 39.9 Å². The van der Waals surface area contributed by atoms with Gasteiger partial charge in [0.1, 0.15) is 11.6 Å². The van der Waals surface area contributed by atoms with Crippen LogP contribution in [0.5, 0.6) is 11.5 Å². The molecule has 0 radical (unpaired) electrons. The van der Waals surface area contributed by atoms with Gasteiger partial charge in [-0.15, -0.1) is 0 Å². The van der Waals surface area contributed by atoms with Crippen LogP contribution in [0.2, 0.25) is 0 Å². The van der Waals surface area contributed by atoms with Crippen LogP contribution in [0.1, 0.15) is 38.2 Å². The van der Waals surface area contributed by atoms with Crippen molar-refractivity contribution >= 4 is 12.0 Å². The lowest BCUT2D eigenvalue weighted by atomic mass is 10.1. The summed E-state index contributed by atoms with van der Waals surface area (Å²) in [4.78, 5) is 12.0. The zero-order valence-electron chi connectivity index (χ0n) is 15.8. The van der Waals surface area contributed by atoms with Crippen molar-refractivity contribution in [3.8, 4) is 17.6 Å². The molecule has 0 aliphatic carbocycles. The van der Waals surface area contributed by atoms with E-state index in [2.05, 4.69) is 12.2 Å². The number of unbranched alkanes of at least 4 members (excludes halogenated alkanes) is 3. The van der Waals surface area contributed by atoms with Crippen molar-refractivity contribution in [2.75, 3.05) is 34.0 Å². The topological polar surface area (TPSA) is 80.6 Å². The lowest BCUT2D eigenvalue weighted by Gasteiger charge is -2.11. The number of methoxy groups -OCH3 is 2. The molecule has 0 aliphatic heterocycles. The molecule has 0 fully saturated rings. The molecule has 1 aromatic carbocycles. The molecule has 0 saturated carbocycles. The highest BCUT2D eigenvalue weighted by molar-refractivity contribution is 6.01. The lowest BCUT2D eigenvalue weighted by molar-refractivity contribution is -0.117. The maximum atomic E-state index is 12.0. The highest BCUT2D eigenvalue weighted by atomic mass is 16.5. The molecule has 0 aromatic heterocycles. The van der Waals surface area contributed by atoms with Crippen LogP contribution in [0, 0.1) is 11.3 Å². The Morgan fingerprint density at radius 2 is 2.00 bits per heavy atom. The zero-order chi connectivity index (χ0) is 19.2. The minimum atomic E-state index is -0.431. The standard InChI is InChI=1S/C20H28N2O4/c1-4-5-6-7-11-26-18-9-8-16(14-19(18)25-3)13-17(15-21)20(23)22-10-12-24-2/h8-9,13-14H,4-7,10-12H2,1-3H3,(H,22,23)/b17-13+. The third-order valence-corrected chi connectivity index (χ3v) is 3.71. The van der Waals surface area contributed by atoms with Gasteiger partial charge in [0.15, 0.2) is 11.5 Å². The van der Waals surface area contributed by atoms with E-state index in [1.54, 1.807) is 32.4 Å². The second kappa shape index (κ2) is 12.8. The van der Waals surface area contributed by atoms with Crippen molar-refractivity contribution in [1.29, 1.82) is 5.26 Å². The Balaban J connectivity index is 2.77. The fraction of sp³-hybridized carbons (Fsp3) is 0.500. The average molecular weight is 360 g/mol. The van der Waals surface area contributed by atoms with E-state index in [1.165, 1.54) is 18.9 Å². The molecule has 142 valence electrons. The molecular weight excluding hydrogens is 332 g/mol. The molecule has 1 N–H and O–H groups in total. The van der Waals surface area contributed by atoms with E-state index < -0.39 is 5.91 Å².